The van der Waals surface area contributed by atoms with Crippen LogP contribution < -0.4 is 0 Å². The Morgan fingerprint density at radius 1 is 0.800 bits per heavy atom. The van der Waals surface area contributed by atoms with Crippen LogP contribution in [0.1, 0.15) is 21.5 Å². The molecular formula is C18H13ClO. The maximum Gasteiger partial charge on any atom is 0.193 e. The van der Waals surface area contributed by atoms with Gasteiger partial charge in [-0.15, -0.1) is 0 Å². The van der Waals surface area contributed by atoms with Gasteiger partial charge in [-0.3, -0.25) is 4.79 Å². The molecule has 3 aromatic carbocycles. The van der Waals surface area contributed by atoms with Crippen LogP contribution in [0.5, 0.6) is 0 Å². The third-order valence-corrected chi connectivity index (χ3v) is 3.83. The van der Waals surface area contributed by atoms with Gasteiger partial charge in [0.15, 0.2) is 5.78 Å². The van der Waals surface area contributed by atoms with E-state index in [1.807, 2.05) is 55.5 Å². The highest BCUT2D eigenvalue weighted by Crippen LogP contribution is 2.28. The molecule has 0 heterocycles. The van der Waals surface area contributed by atoms with E-state index in [4.69, 9.17) is 11.6 Å². The monoisotopic (exact) mass is 280 g/mol. The van der Waals surface area contributed by atoms with Crippen molar-refractivity contribution in [3.8, 4) is 0 Å². The molecule has 2 heteroatoms. The van der Waals surface area contributed by atoms with Crippen LogP contribution in [0, 0.1) is 6.92 Å². The first kappa shape index (κ1) is 12.9. The Labute approximate surface area is 122 Å². The first-order chi connectivity index (χ1) is 9.68. The van der Waals surface area contributed by atoms with Crippen molar-refractivity contribution < 1.29 is 4.79 Å². The first-order valence-corrected chi connectivity index (χ1v) is 6.84. The number of hydrogen-bond acceptors (Lipinski definition) is 1. The van der Waals surface area contributed by atoms with Gasteiger partial charge in [-0.25, -0.2) is 0 Å². The Hall–Kier alpha value is -2.12. The van der Waals surface area contributed by atoms with Crippen LogP contribution in [0.3, 0.4) is 0 Å². The molecule has 0 bridgehead atoms. The van der Waals surface area contributed by atoms with Gasteiger partial charge in [0.25, 0.3) is 0 Å². The Morgan fingerprint density at radius 3 is 2.20 bits per heavy atom. The summed E-state index contributed by atoms with van der Waals surface area (Å²) < 4.78 is 0. The molecule has 98 valence electrons. The average Bonchev–Trinajstić information content (AvgIpc) is 2.48. The summed E-state index contributed by atoms with van der Waals surface area (Å²) in [5.41, 5.74) is 2.41. The molecule has 0 aliphatic carbocycles. The summed E-state index contributed by atoms with van der Waals surface area (Å²) in [5, 5.41) is 2.48. The summed E-state index contributed by atoms with van der Waals surface area (Å²) in [4.78, 5) is 12.7. The van der Waals surface area contributed by atoms with Gasteiger partial charge >= 0.3 is 0 Å². The molecule has 0 saturated heterocycles. The Balaban J connectivity index is 2.23. The Morgan fingerprint density at radius 2 is 1.45 bits per heavy atom. The van der Waals surface area contributed by atoms with E-state index < -0.39 is 0 Å². The molecule has 0 saturated carbocycles. The Bertz CT molecular complexity index is 805. The number of aryl methyl sites for hydroxylation is 1. The number of ketones is 1. The molecule has 0 N–H and O–H groups in total. The molecule has 3 aromatic rings. The second kappa shape index (κ2) is 5.10. The van der Waals surface area contributed by atoms with Crippen LogP contribution in [-0.4, -0.2) is 5.78 Å². The van der Waals surface area contributed by atoms with E-state index in [1.165, 1.54) is 0 Å². The average molecular weight is 281 g/mol. The predicted octanol–water partition coefficient (Wildman–Crippen LogP) is 5.03. The minimum Gasteiger partial charge on any atom is -0.289 e. The zero-order valence-electron chi connectivity index (χ0n) is 11.1. The molecule has 20 heavy (non-hydrogen) atoms. The quantitative estimate of drug-likeness (QED) is 0.602. The highest BCUT2D eigenvalue weighted by Gasteiger charge is 2.15. The zero-order chi connectivity index (χ0) is 14.1. The van der Waals surface area contributed by atoms with Crippen LogP contribution in [0.25, 0.3) is 10.8 Å². The van der Waals surface area contributed by atoms with Crippen molar-refractivity contribution in [1.29, 1.82) is 0 Å². The highest BCUT2D eigenvalue weighted by molar-refractivity contribution is 6.36. The first-order valence-electron chi connectivity index (χ1n) is 6.46. The number of fused-ring (bicyclic) bond motifs is 1. The van der Waals surface area contributed by atoms with Gasteiger partial charge in [0.2, 0.25) is 0 Å². The molecule has 3 rings (SSSR count). The van der Waals surface area contributed by atoms with Gasteiger partial charge in [-0.05, 0) is 30.0 Å². The van der Waals surface area contributed by atoms with Gasteiger partial charge in [0.1, 0.15) is 0 Å². The minimum absolute atomic E-state index is 0.0379. The summed E-state index contributed by atoms with van der Waals surface area (Å²) in [5.74, 6) is 0.0379. The molecule has 0 radical (unpaired) electrons. The summed E-state index contributed by atoms with van der Waals surface area (Å²) in [6, 6.07) is 19.0. The van der Waals surface area contributed by atoms with E-state index >= 15 is 0 Å². The lowest BCUT2D eigenvalue weighted by atomic mass is 9.95. The van der Waals surface area contributed by atoms with Gasteiger partial charge in [0.05, 0.1) is 0 Å². The fraction of sp³-hybridized carbons (Fsp3) is 0.0556. The van der Waals surface area contributed by atoms with Crippen LogP contribution in [0.2, 0.25) is 5.02 Å². The van der Waals surface area contributed by atoms with E-state index in [0.717, 1.165) is 21.9 Å². The molecule has 0 unspecified atom stereocenters. The van der Waals surface area contributed by atoms with Gasteiger partial charge < -0.3 is 0 Å². The van der Waals surface area contributed by atoms with Crippen molar-refractivity contribution >= 4 is 28.2 Å². The standard InChI is InChI=1S/C18H13ClO/c1-12-6-2-3-7-13(12)18(20)16-10-11-17(19)15-9-5-4-8-14(15)16/h2-11H,1H3. The summed E-state index contributed by atoms with van der Waals surface area (Å²) in [6.45, 7) is 1.95. The molecule has 0 aliphatic heterocycles. The fourth-order valence-corrected chi connectivity index (χ4v) is 2.66. The largest absolute Gasteiger partial charge is 0.289 e. The smallest absolute Gasteiger partial charge is 0.193 e. The molecular weight excluding hydrogens is 268 g/mol. The minimum atomic E-state index is 0.0379. The molecule has 0 amide bonds. The van der Waals surface area contributed by atoms with E-state index in [-0.39, 0.29) is 5.78 Å². The predicted molar refractivity (Wildman–Crippen MR) is 83.6 cm³/mol. The van der Waals surface area contributed by atoms with Crippen LogP contribution in [-0.2, 0) is 0 Å². The van der Waals surface area contributed by atoms with Crippen LogP contribution in [0.15, 0.2) is 60.7 Å². The lowest BCUT2D eigenvalue weighted by Gasteiger charge is -2.09. The topological polar surface area (TPSA) is 17.1 Å². The number of carbonyl (C=O) groups excluding carboxylic acids is 1. The number of benzene rings is 3. The maximum atomic E-state index is 12.7. The summed E-state index contributed by atoms with van der Waals surface area (Å²) >= 11 is 6.20. The Kier molecular flexibility index (Phi) is 3.29. The van der Waals surface area contributed by atoms with E-state index in [0.29, 0.717) is 10.6 Å². The second-order valence-corrected chi connectivity index (χ2v) is 5.19. The van der Waals surface area contributed by atoms with Crippen molar-refractivity contribution in [2.24, 2.45) is 0 Å². The number of rotatable bonds is 2. The number of hydrogen-bond donors (Lipinski definition) is 0. The molecule has 0 aromatic heterocycles. The summed E-state index contributed by atoms with van der Waals surface area (Å²) in [6.07, 6.45) is 0. The van der Waals surface area contributed by atoms with Crippen LogP contribution >= 0.6 is 11.6 Å². The van der Waals surface area contributed by atoms with E-state index in [9.17, 15) is 4.79 Å². The van der Waals surface area contributed by atoms with Crippen molar-refractivity contribution in [3.05, 3.63) is 82.4 Å². The van der Waals surface area contributed by atoms with E-state index in [2.05, 4.69) is 0 Å². The van der Waals surface area contributed by atoms with Gasteiger partial charge in [-0.2, -0.15) is 0 Å². The van der Waals surface area contributed by atoms with Crippen molar-refractivity contribution in [2.75, 3.05) is 0 Å². The molecule has 0 fully saturated rings. The lowest BCUT2D eigenvalue weighted by molar-refractivity contribution is 0.103. The van der Waals surface area contributed by atoms with Gasteiger partial charge in [-0.1, -0.05) is 60.1 Å². The molecule has 0 spiro atoms. The third kappa shape index (κ3) is 2.10. The van der Waals surface area contributed by atoms with Crippen LogP contribution in [0.4, 0.5) is 0 Å². The normalized spacial score (nSPS) is 10.7. The van der Waals surface area contributed by atoms with E-state index in [1.54, 1.807) is 12.1 Å². The molecule has 1 nitrogen and oxygen atoms in total. The number of carbonyl (C=O) groups is 1. The fourth-order valence-electron chi connectivity index (χ4n) is 2.43. The van der Waals surface area contributed by atoms with Crippen molar-refractivity contribution in [2.45, 2.75) is 6.92 Å². The molecule has 0 atom stereocenters. The maximum absolute atomic E-state index is 12.7. The SMILES string of the molecule is Cc1ccccc1C(=O)c1ccc(Cl)c2ccccc12. The number of halogens is 1. The summed E-state index contributed by atoms with van der Waals surface area (Å²) in [7, 11) is 0. The third-order valence-electron chi connectivity index (χ3n) is 3.51. The zero-order valence-corrected chi connectivity index (χ0v) is 11.8. The van der Waals surface area contributed by atoms with Gasteiger partial charge in [0, 0.05) is 21.5 Å². The highest BCUT2D eigenvalue weighted by atomic mass is 35.5. The van der Waals surface area contributed by atoms with Crippen molar-refractivity contribution in [1.82, 2.24) is 0 Å². The van der Waals surface area contributed by atoms with Crippen molar-refractivity contribution in [3.63, 3.8) is 0 Å². The lowest BCUT2D eigenvalue weighted by Crippen LogP contribution is -2.04. The second-order valence-electron chi connectivity index (χ2n) is 4.78. The molecule has 0 aliphatic rings.